The summed E-state index contributed by atoms with van der Waals surface area (Å²) in [4.78, 5) is 18.6. The van der Waals surface area contributed by atoms with Crippen molar-refractivity contribution in [1.82, 2.24) is 4.98 Å². The molecule has 0 unspecified atom stereocenters. The molecule has 0 atom stereocenters. The first kappa shape index (κ1) is 17.0. The number of hydrogen-bond donors (Lipinski definition) is 1. The molecule has 0 saturated carbocycles. The van der Waals surface area contributed by atoms with Gasteiger partial charge in [0.05, 0.1) is 23.2 Å². The van der Waals surface area contributed by atoms with Gasteiger partial charge in [0, 0.05) is 24.0 Å². The second-order valence-electron chi connectivity index (χ2n) is 5.66. The molecule has 1 aromatic carbocycles. The third-order valence-electron chi connectivity index (χ3n) is 4.14. The fraction of sp³-hybridized carbons (Fsp3) is 0.412. The third kappa shape index (κ3) is 3.49. The Kier molecular flexibility index (Phi) is 5.26. The van der Waals surface area contributed by atoms with E-state index < -0.39 is 0 Å². The van der Waals surface area contributed by atoms with Gasteiger partial charge in [-0.25, -0.2) is 4.98 Å². The van der Waals surface area contributed by atoms with Gasteiger partial charge in [-0.05, 0) is 31.9 Å². The number of phenols is 1. The summed E-state index contributed by atoms with van der Waals surface area (Å²) in [5.74, 6) is -0.0597. The summed E-state index contributed by atoms with van der Waals surface area (Å²) >= 11 is 7.49. The highest BCUT2D eigenvalue weighted by molar-refractivity contribution is 7.14. The molecule has 1 saturated heterocycles. The summed E-state index contributed by atoms with van der Waals surface area (Å²) in [6.07, 6.45) is 1.55. The quantitative estimate of drug-likeness (QED) is 0.830. The largest absolute Gasteiger partial charge is 0.506 e. The van der Waals surface area contributed by atoms with E-state index in [1.165, 1.54) is 11.3 Å². The molecule has 2 aromatic rings. The average molecular weight is 367 g/mol. The first-order valence-corrected chi connectivity index (χ1v) is 9.21. The Morgan fingerprint density at radius 1 is 1.46 bits per heavy atom. The summed E-state index contributed by atoms with van der Waals surface area (Å²) in [7, 11) is 0. The number of para-hydroxylation sites is 1. The summed E-state index contributed by atoms with van der Waals surface area (Å²) in [6.45, 7) is 3.81. The maximum atomic E-state index is 11.8. The molecule has 128 valence electrons. The molecule has 0 bridgehead atoms. The molecule has 1 aliphatic heterocycles. The van der Waals surface area contributed by atoms with Crippen molar-refractivity contribution in [3.05, 3.63) is 28.6 Å². The maximum Gasteiger partial charge on any atom is 0.309 e. The van der Waals surface area contributed by atoms with Crippen LogP contribution in [0.25, 0.3) is 11.3 Å². The second-order valence-corrected chi connectivity index (χ2v) is 6.91. The molecule has 0 spiro atoms. The predicted octanol–water partition coefficient (Wildman–Crippen LogP) is 3.95. The number of hydrogen-bond acceptors (Lipinski definition) is 6. The number of ether oxygens (including phenoxy) is 1. The standard InChI is InChI=1S/C17H19ClN2O3S/c1-2-23-16(22)11-6-8-20(9-7-11)17-19-14(10-24-17)12-4-3-5-13(18)15(12)21/h3-5,10-11,21H,2,6-9H2,1H3. The average Bonchev–Trinajstić information content (AvgIpc) is 3.07. The Labute approximate surface area is 149 Å². The highest BCUT2D eigenvalue weighted by Gasteiger charge is 2.27. The number of phenolic OH excluding ortho intramolecular Hbond substituents is 1. The van der Waals surface area contributed by atoms with Crippen molar-refractivity contribution >= 4 is 34.0 Å². The molecule has 2 heterocycles. The van der Waals surface area contributed by atoms with E-state index in [1.807, 2.05) is 12.3 Å². The van der Waals surface area contributed by atoms with Crippen LogP contribution in [0.4, 0.5) is 5.13 Å². The third-order valence-corrected chi connectivity index (χ3v) is 5.35. The Bertz CT molecular complexity index is 726. The van der Waals surface area contributed by atoms with Crippen LogP contribution in [0.15, 0.2) is 23.6 Å². The molecule has 0 aliphatic carbocycles. The molecule has 1 aromatic heterocycles. The van der Waals surface area contributed by atoms with E-state index in [0.717, 1.165) is 31.1 Å². The lowest BCUT2D eigenvalue weighted by Crippen LogP contribution is -2.36. The minimum absolute atomic E-state index is 0.0161. The number of carbonyl (C=O) groups is 1. The van der Waals surface area contributed by atoms with Gasteiger partial charge in [-0.1, -0.05) is 17.7 Å². The zero-order valence-corrected chi connectivity index (χ0v) is 14.9. The lowest BCUT2D eigenvalue weighted by Gasteiger charge is -2.30. The maximum absolute atomic E-state index is 11.8. The predicted molar refractivity (Wildman–Crippen MR) is 95.8 cm³/mol. The van der Waals surface area contributed by atoms with Crippen molar-refractivity contribution in [3.8, 4) is 17.0 Å². The summed E-state index contributed by atoms with van der Waals surface area (Å²) in [5, 5.41) is 13.2. The topological polar surface area (TPSA) is 62.7 Å². The monoisotopic (exact) mass is 366 g/mol. The number of carbonyl (C=O) groups excluding carboxylic acids is 1. The molecular weight excluding hydrogens is 348 g/mol. The number of esters is 1. The smallest absolute Gasteiger partial charge is 0.309 e. The fourth-order valence-electron chi connectivity index (χ4n) is 2.82. The molecule has 0 amide bonds. The van der Waals surface area contributed by atoms with Crippen LogP contribution in [0.5, 0.6) is 5.75 Å². The van der Waals surface area contributed by atoms with Gasteiger partial charge < -0.3 is 14.7 Å². The first-order valence-electron chi connectivity index (χ1n) is 7.95. The Morgan fingerprint density at radius 3 is 2.92 bits per heavy atom. The van der Waals surface area contributed by atoms with Crippen LogP contribution in [-0.2, 0) is 9.53 Å². The highest BCUT2D eigenvalue weighted by Crippen LogP contribution is 2.37. The van der Waals surface area contributed by atoms with Crippen molar-refractivity contribution in [3.63, 3.8) is 0 Å². The summed E-state index contributed by atoms with van der Waals surface area (Å²) < 4.78 is 5.10. The SMILES string of the molecule is CCOC(=O)C1CCN(c2nc(-c3cccc(Cl)c3O)cs2)CC1. The van der Waals surface area contributed by atoms with Gasteiger partial charge in [0.25, 0.3) is 0 Å². The van der Waals surface area contributed by atoms with Crippen LogP contribution in [0.2, 0.25) is 5.02 Å². The number of halogens is 1. The van der Waals surface area contributed by atoms with E-state index in [-0.39, 0.29) is 17.6 Å². The van der Waals surface area contributed by atoms with Crippen LogP contribution in [-0.4, -0.2) is 35.8 Å². The molecule has 0 radical (unpaired) electrons. The lowest BCUT2D eigenvalue weighted by atomic mass is 9.97. The normalized spacial score (nSPS) is 15.5. The minimum atomic E-state index is -0.0965. The van der Waals surface area contributed by atoms with Crippen LogP contribution in [0.3, 0.4) is 0 Å². The van der Waals surface area contributed by atoms with Crippen LogP contribution < -0.4 is 4.90 Å². The number of aromatic hydroxyl groups is 1. The molecule has 3 rings (SSSR count). The molecule has 7 heteroatoms. The molecule has 1 N–H and O–H groups in total. The lowest BCUT2D eigenvalue weighted by molar-refractivity contribution is -0.148. The summed E-state index contributed by atoms with van der Waals surface area (Å²) in [6, 6.07) is 5.24. The number of benzene rings is 1. The Balaban J connectivity index is 1.69. The molecule has 24 heavy (non-hydrogen) atoms. The molecule has 1 aliphatic rings. The number of rotatable bonds is 4. The van der Waals surface area contributed by atoms with E-state index >= 15 is 0 Å². The summed E-state index contributed by atoms with van der Waals surface area (Å²) in [5.41, 5.74) is 1.34. The zero-order chi connectivity index (χ0) is 17.1. The number of nitrogens with zero attached hydrogens (tertiary/aromatic N) is 2. The van der Waals surface area contributed by atoms with Gasteiger partial charge in [0.2, 0.25) is 0 Å². The van der Waals surface area contributed by atoms with Gasteiger partial charge in [-0.3, -0.25) is 4.79 Å². The van der Waals surface area contributed by atoms with E-state index in [9.17, 15) is 9.90 Å². The number of aromatic nitrogens is 1. The number of thiazole rings is 1. The van der Waals surface area contributed by atoms with Gasteiger partial charge >= 0.3 is 5.97 Å². The van der Waals surface area contributed by atoms with Gasteiger partial charge in [0.1, 0.15) is 5.75 Å². The minimum Gasteiger partial charge on any atom is -0.506 e. The van der Waals surface area contributed by atoms with Crippen LogP contribution in [0.1, 0.15) is 19.8 Å². The Morgan fingerprint density at radius 2 is 2.21 bits per heavy atom. The van der Waals surface area contributed by atoms with Crippen molar-refractivity contribution < 1.29 is 14.6 Å². The van der Waals surface area contributed by atoms with Crippen LogP contribution in [0, 0.1) is 5.92 Å². The first-order chi connectivity index (χ1) is 11.6. The van der Waals surface area contributed by atoms with Crippen molar-refractivity contribution in [1.29, 1.82) is 0 Å². The fourth-order valence-corrected chi connectivity index (χ4v) is 3.88. The molecular formula is C17H19ClN2O3S. The second kappa shape index (κ2) is 7.40. The van der Waals surface area contributed by atoms with Crippen molar-refractivity contribution in [2.24, 2.45) is 5.92 Å². The van der Waals surface area contributed by atoms with E-state index in [1.54, 1.807) is 18.2 Å². The number of anilines is 1. The van der Waals surface area contributed by atoms with Gasteiger partial charge in [-0.15, -0.1) is 11.3 Å². The van der Waals surface area contributed by atoms with Gasteiger partial charge in [-0.2, -0.15) is 0 Å². The van der Waals surface area contributed by atoms with Crippen molar-refractivity contribution in [2.75, 3.05) is 24.6 Å². The molecule has 5 nitrogen and oxygen atoms in total. The van der Waals surface area contributed by atoms with E-state index in [2.05, 4.69) is 9.88 Å². The Hall–Kier alpha value is -1.79. The van der Waals surface area contributed by atoms with Gasteiger partial charge in [0.15, 0.2) is 5.13 Å². The zero-order valence-electron chi connectivity index (χ0n) is 13.4. The van der Waals surface area contributed by atoms with E-state index in [4.69, 9.17) is 16.3 Å². The number of piperidine rings is 1. The highest BCUT2D eigenvalue weighted by atomic mass is 35.5. The van der Waals surface area contributed by atoms with Crippen molar-refractivity contribution in [2.45, 2.75) is 19.8 Å². The van der Waals surface area contributed by atoms with E-state index in [0.29, 0.717) is 22.9 Å². The molecule has 1 fully saturated rings. The van der Waals surface area contributed by atoms with Crippen LogP contribution >= 0.6 is 22.9 Å².